The Morgan fingerprint density at radius 1 is 0.915 bits per heavy atom. The summed E-state index contributed by atoms with van der Waals surface area (Å²) in [6, 6.07) is 25.9. The molecule has 0 N–H and O–H groups in total. The van der Waals surface area contributed by atoms with Crippen LogP contribution in [0.25, 0.3) is 26.6 Å². The molecule has 5 aromatic rings. The number of halogens is 5. The number of quaternary nitrogens is 1. The molecule has 1 heterocycles. The summed E-state index contributed by atoms with van der Waals surface area (Å²) >= 11 is 12.0. The Balaban J connectivity index is 1.43. The van der Waals surface area contributed by atoms with E-state index in [0.717, 1.165) is 71.7 Å². The lowest BCUT2D eigenvalue weighted by Gasteiger charge is -2.37. The molecule has 0 saturated carbocycles. The second-order valence-corrected chi connectivity index (χ2v) is 14.5. The van der Waals surface area contributed by atoms with Crippen LogP contribution >= 0.6 is 38.9 Å². The van der Waals surface area contributed by atoms with Crippen molar-refractivity contribution in [3.8, 4) is 0 Å². The van der Waals surface area contributed by atoms with Crippen molar-refractivity contribution in [2.75, 3.05) is 25.1 Å². The minimum absolute atomic E-state index is 0.0837. The summed E-state index contributed by atoms with van der Waals surface area (Å²) in [5.74, 6) is 0. The second kappa shape index (κ2) is 15.1. The maximum Gasteiger partial charge on any atom is 0.417 e. The predicted octanol–water partition coefficient (Wildman–Crippen LogP) is 12.4. The zero-order chi connectivity index (χ0) is 33.8. The molecule has 47 heavy (non-hydrogen) atoms. The fourth-order valence-corrected chi connectivity index (χ4v) is 9.12. The summed E-state index contributed by atoms with van der Waals surface area (Å²) < 4.78 is 43.5. The van der Waals surface area contributed by atoms with Gasteiger partial charge < -0.3 is 9.38 Å². The van der Waals surface area contributed by atoms with Crippen LogP contribution in [-0.4, -0.2) is 34.5 Å². The van der Waals surface area contributed by atoms with Gasteiger partial charge in [-0.1, -0.05) is 89.5 Å². The number of rotatable bonds is 13. The Kier molecular flexibility index (Phi) is 11.4. The van der Waals surface area contributed by atoms with Crippen molar-refractivity contribution in [3.63, 3.8) is 0 Å². The first kappa shape index (κ1) is 35.5. The fourth-order valence-electron chi connectivity index (χ4n) is 6.64. The van der Waals surface area contributed by atoms with Crippen molar-refractivity contribution in [2.45, 2.75) is 59.8 Å². The maximum atomic E-state index is 14.0. The number of aryl methyl sites for hydroxylation is 2. The molecule has 8 heteroatoms. The number of unbranched alkanes of at least 4 members (excludes halogenated alkanes) is 1. The third kappa shape index (κ3) is 8.25. The molecule has 0 spiro atoms. The summed E-state index contributed by atoms with van der Waals surface area (Å²) in [4.78, 5) is 2.97. The van der Waals surface area contributed by atoms with Crippen molar-refractivity contribution in [2.24, 2.45) is 0 Å². The third-order valence-electron chi connectivity index (χ3n) is 9.03. The quantitative estimate of drug-likeness (QED) is 0.0502. The molecule has 2 nitrogen and oxygen atoms in total. The van der Waals surface area contributed by atoms with Gasteiger partial charge in [-0.05, 0) is 91.0 Å². The fraction of sp³-hybridized carbons (Fsp3) is 0.333. The lowest BCUT2D eigenvalue weighted by Crippen LogP contribution is -2.46. The highest BCUT2D eigenvalue weighted by molar-refractivity contribution is 9.09. The van der Waals surface area contributed by atoms with Crippen LogP contribution in [0.1, 0.15) is 59.4 Å². The highest BCUT2D eigenvalue weighted by Crippen LogP contribution is 2.46. The molecule has 0 saturated heterocycles. The van der Waals surface area contributed by atoms with Gasteiger partial charge >= 0.3 is 6.18 Å². The molecule has 0 aliphatic carbocycles. The first-order chi connectivity index (χ1) is 22.5. The van der Waals surface area contributed by atoms with Crippen LogP contribution in [0.15, 0.2) is 84.9 Å². The number of allylic oxidation sites excluding steroid dienone is 1. The van der Waals surface area contributed by atoms with Crippen LogP contribution in [0.5, 0.6) is 0 Å². The van der Waals surface area contributed by atoms with E-state index in [0.29, 0.717) is 16.1 Å². The summed E-state index contributed by atoms with van der Waals surface area (Å²) in [6.07, 6.45) is -0.552. The van der Waals surface area contributed by atoms with Crippen LogP contribution in [0, 0.1) is 13.8 Å². The van der Waals surface area contributed by atoms with Crippen molar-refractivity contribution in [1.29, 1.82) is 0 Å². The topological polar surface area (TPSA) is 3.24 Å². The number of fused-ring (bicyclic) bond motifs is 2. The zero-order valence-electron chi connectivity index (χ0n) is 27.4. The monoisotopic (exact) mass is 741 g/mol. The van der Waals surface area contributed by atoms with Gasteiger partial charge in [-0.15, -0.1) is 11.3 Å². The van der Waals surface area contributed by atoms with E-state index >= 15 is 0 Å². The molecule has 1 atom stereocenters. The number of thiophene rings is 1. The molecule has 1 unspecified atom stereocenters. The number of hydrogen-bond donors (Lipinski definition) is 0. The van der Waals surface area contributed by atoms with Crippen molar-refractivity contribution in [1.82, 2.24) is 4.90 Å². The van der Waals surface area contributed by atoms with Crippen molar-refractivity contribution >= 4 is 65.4 Å². The number of hydrogen-bond acceptors (Lipinski definition) is 2. The molecule has 0 fully saturated rings. The maximum absolute atomic E-state index is 14.0. The highest BCUT2D eigenvalue weighted by atomic mass is 79.9. The third-order valence-corrected chi connectivity index (χ3v) is 11.8. The zero-order valence-corrected chi connectivity index (χ0v) is 30.6. The van der Waals surface area contributed by atoms with Crippen LogP contribution in [0.2, 0.25) is 5.02 Å². The van der Waals surface area contributed by atoms with E-state index in [-0.39, 0.29) is 10.4 Å². The summed E-state index contributed by atoms with van der Waals surface area (Å²) in [6.45, 7) is 12.9. The molecule has 5 rings (SSSR count). The van der Waals surface area contributed by atoms with Gasteiger partial charge in [0.2, 0.25) is 0 Å². The van der Waals surface area contributed by atoms with Gasteiger partial charge in [0.1, 0.15) is 12.0 Å². The smallest absolute Gasteiger partial charge is 0.366 e. The minimum Gasteiger partial charge on any atom is -0.366 e. The Bertz CT molecular complexity index is 1860. The van der Waals surface area contributed by atoms with E-state index in [1.165, 1.54) is 39.5 Å². The average Bonchev–Trinajstić information content (AvgIpc) is 3.37. The van der Waals surface area contributed by atoms with Gasteiger partial charge in [0.15, 0.2) is 0 Å². The molecule has 0 bridgehead atoms. The van der Waals surface area contributed by atoms with Gasteiger partial charge in [0.05, 0.1) is 34.2 Å². The first-order valence-electron chi connectivity index (χ1n) is 16.1. The molecule has 0 aliphatic heterocycles. The SMILES string of the molecule is C/C=C(\c1sc2cccc(C(F)(F)F)c2c1Cl)N(CCCC[N+](CC)(CBr)Cc1cc(C)cc(C)c1)Cc1ccc2ccccc2c1. The van der Waals surface area contributed by atoms with E-state index in [9.17, 15) is 13.2 Å². The molecule has 0 radical (unpaired) electrons. The van der Waals surface area contributed by atoms with E-state index < -0.39 is 11.7 Å². The first-order valence-corrected chi connectivity index (χ1v) is 18.4. The summed E-state index contributed by atoms with van der Waals surface area (Å²) in [5.41, 5.74) is 6.12. The van der Waals surface area contributed by atoms with Crippen molar-refractivity contribution < 1.29 is 17.7 Å². The number of nitrogens with zero attached hydrogens (tertiary/aromatic N) is 2. The lowest BCUT2D eigenvalue weighted by molar-refractivity contribution is -0.926. The van der Waals surface area contributed by atoms with E-state index in [1.54, 1.807) is 6.07 Å². The van der Waals surface area contributed by atoms with Gasteiger partial charge in [-0.2, -0.15) is 13.2 Å². The van der Waals surface area contributed by atoms with Crippen LogP contribution < -0.4 is 0 Å². The van der Waals surface area contributed by atoms with Crippen molar-refractivity contribution in [3.05, 3.63) is 123 Å². The largest absolute Gasteiger partial charge is 0.417 e. The Morgan fingerprint density at radius 3 is 2.30 bits per heavy atom. The number of benzene rings is 4. The second-order valence-electron chi connectivity index (χ2n) is 12.6. The molecular formula is C39H42BrClF3N2S+. The number of alkyl halides is 4. The molecule has 0 amide bonds. The van der Waals surface area contributed by atoms with Crippen LogP contribution in [0.4, 0.5) is 13.2 Å². The summed E-state index contributed by atoms with van der Waals surface area (Å²) in [5, 5.41) is 2.59. The molecule has 4 aromatic carbocycles. The summed E-state index contributed by atoms with van der Waals surface area (Å²) in [7, 11) is 0. The van der Waals surface area contributed by atoms with Gasteiger partial charge in [0, 0.05) is 28.7 Å². The minimum atomic E-state index is -4.49. The average molecular weight is 743 g/mol. The van der Waals surface area contributed by atoms with Gasteiger partial charge in [0.25, 0.3) is 0 Å². The normalized spacial score (nSPS) is 13.8. The Morgan fingerprint density at radius 2 is 1.64 bits per heavy atom. The predicted molar refractivity (Wildman–Crippen MR) is 198 cm³/mol. The van der Waals surface area contributed by atoms with Gasteiger partial charge in [-0.25, -0.2) is 0 Å². The van der Waals surface area contributed by atoms with E-state index in [2.05, 4.69) is 90.1 Å². The highest BCUT2D eigenvalue weighted by Gasteiger charge is 2.35. The van der Waals surface area contributed by atoms with Crippen LogP contribution in [-0.2, 0) is 19.3 Å². The molecule has 0 aliphatic rings. The van der Waals surface area contributed by atoms with E-state index in [4.69, 9.17) is 11.6 Å². The van der Waals surface area contributed by atoms with E-state index in [1.807, 2.05) is 25.1 Å². The van der Waals surface area contributed by atoms with Crippen LogP contribution in [0.3, 0.4) is 0 Å². The standard InChI is InChI=1S/C39H42BrClF3N2S/c1-5-34(38-37(41)36-33(39(42,43)44)14-11-15-35(36)47-38)45(24-29-16-17-31-12-7-8-13-32(31)23-29)18-9-10-19-46(6-2,26-40)25-30-21-27(3)20-28(4)22-30/h5,7-8,11-17,20-23H,6,9-10,18-19,24-26H2,1-4H3/q+1/b34-5+. The molecular weight excluding hydrogens is 701 g/mol. The Hall–Kier alpha value is -2.84. The molecule has 248 valence electrons. The Labute approximate surface area is 294 Å². The van der Waals surface area contributed by atoms with Gasteiger partial charge in [-0.3, -0.25) is 0 Å². The lowest BCUT2D eigenvalue weighted by atomic mass is 10.1. The molecule has 1 aromatic heterocycles.